The molecule has 0 aliphatic rings. The SMILES string of the molecule is CC(C)(C(=O)Nc1ccccn1)n1nc(-c2ccc(F)cc2)ccc1=O. The van der Waals surface area contributed by atoms with Crippen LogP contribution < -0.4 is 10.9 Å². The molecule has 26 heavy (non-hydrogen) atoms. The molecule has 0 saturated carbocycles. The first-order valence-electron chi connectivity index (χ1n) is 7.97. The summed E-state index contributed by atoms with van der Waals surface area (Å²) < 4.78 is 14.2. The van der Waals surface area contributed by atoms with E-state index < -0.39 is 17.0 Å². The molecule has 1 aromatic carbocycles. The van der Waals surface area contributed by atoms with E-state index in [4.69, 9.17) is 0 Å². The minimum absolute atomic E-state index is 0.364. The fraction of sp³-hybridized carbons (Fsp3) is 0.158. The smallest absolute Gasteiger partial charge is 0.267 e. The number of anilines is 1. The number of benzene rings is 1. The van der Waals surface area contributed by atoms with Crippen LogP contribution in [0.3, 0.4) is 0 Å². The summed E-state index contributed by atoms with van der Waals surface area (Å²) >= 11 is 0. The standard InChI is InChI=1S/C19H17FN4O2/c1-19(2,18(26)22-16-5-3-4-12-21-16)24-17(25)11-10-15(23-24)13-6-8-14(20)9-7-13/h3-12H,1-2H3,(H,21,22,26). The molecule has 0 aliphatic heterocycles. The van der Waals surface area contributed by atoms with E-state index in [1.54, 1.807) is 56.4 Å². The van der Waals surface area contributed by atoms with Gasteiger partial charge < -0.3 is 5.32 Å². The van der Waals surface area contributed by atoms with Gasteiger partial charge in [-0.05, 0) is 56.3 Å². The van der Waals surface area contributed by atoms with Gasteiger partial charge in [-0.3, -0.25) is 9.59 Å². The molecule has 0 unspecified atom stereocenters. The van der Waals surface area contributed by atoms with Gasteiger partial charge in [0.25, 0.3) is 11.5 Å². The van der Waals surface area contributed by atoms with Gasteiger partial charge in [-0.15, -0.1) is 0 Å². The number of aromatic nitrogens is 3. The quantitative estimate of drug-likeness (QED) is 0.783. The molecule has 0 fully saturated rings. The Morgan fingerprint density at radius 1 is 1.08 bits per heavy atom. The number of nitrogens with zero attached hydrogens (tertiary/aromatic N) is 3. The summed E-state index contributed by atoms with van der Waals surface area (Å²) in [5, 5.41) is 6.98. The van der Waals surface area contributed by atoms with Gasteiger partial charge in [0.1, 0.15) is 17.2 Å². The van der Waals surface area contributed by atoms with Crippen molar-refractivity contribution in [2.75, 3.05) is 5.32 Å². The van der Waals surface area contributed by atoms with E-state index in [-0.39, 0.29) is 5.82 Å². The van der Waals surface area contributed by atoms with Crippen LogP contribution in [-0.4, -0.2) is 20.7 Å². The number of nitrogens with one attached hydrogen (secondary N) is 1. The summed E-state index contributed by atoms with van der Waals surface area (Å²) in [6.45, 7) is 3.18. The van der Waals surface area contributed by atoms with Crippen LogP contribution in [0.1, 0.15) is 13.8 Å². The van der Waals surface area contributed by atoms with Crippen LogP contribution in [0, 0.1) is 5.82 Å². The molecule has 0 radical (unpaired) electrons. The van der Waals surface area contributed by atoms with Gasteiger partial charge in [0.15, 0.2) is 0 Å². The van der Waals surface area contributed by atoms with Crippen LogP contribution in [0.25, 0.3) is 11.3 Å². The lowest BCUT2D eigenvalue weighted by atomic mass is 10.0. The van der Waals surface area contributed by atoms with Crippen LogP contribution in [0.5, 0.6) is 0 Å². The predicted octanol–water partition coefficient (Wildman–Crippen LogP) is 2.82. The molecule has 0 spiro atoms. The maximum atomic E-state index is 13.1. The predicted molar refractivity (Wildman–Crippen MR) is 96.1 cm³/mol. The first-order chi connectivity index (χ1) is 12.4. The molecule has 1 N–H and O–H groups in total. The summed E-state index contributed by atoms with van der Waals surface area (Å²) in [6, 6.07) is 13.8. The Bertz CT molecular complexity index is 982. The first-order valence-corrected chi connectivity index (χ1v) is 7.97. The lowest BCUT2D eigenvalue weighted by Gasteiger charge is -2.25. The highest BCUT2D eigenvalue weighted by molar-refractivity contribution is 5.95. The Morgan fingerprint density at radius 3 is 2.46 bits per heavy atom. The van der Waals surface area contributed by atoms with Crippen molar-refractivity contribution in [3.8, 4) is 11.3 Å². The molecule has 0 bridgehead atoms. The Hall–Kier alpha value is -3.35. The van der Waals surface area contributed by atoms with Crippen LogP contribution in [-0.2, 0) is 10.3 Å². The van der Waals surface area contributed by atoms with Gasteiger partial charge >= 0.3 is 0 Å². The Kier molecular flexibility index (Phi) is 4.62. The molecule has 6 nitrogen and oxygen atoms in total. The number of rotatable bonds is 4. The van der Waals surface area contributed by atoms with Gasteiger partial charge in [-0.25, -0.2) is 14.1 Å². The lowest BCUT2D eigenvalue weighted by Crippen LogP contribution is -2.47. The highest BCUT2D eigenvalue weighted by Crippen LogP contribution is 2.19. The minimum Gasteiger partial charge on any atom is -0.309 e. The average Bonchev–Trinajstić information content (AvgIpc) is 2.63. The fourth-order valence-electron chi connectivity index (χ4n) is 2.39. The molecule has 0 atom stereocenters. The van der Waals surface area contributed by atoms with Gasteiger partial charge in [0, 0.05) is 17.8 Å². The monoisotopic (exact) mass is 352 g/mol. The molecule has 0 aliphatic carbocycles. The minimum atomic E-state index is -1.26. The highest BCUT2D eigenvalue weighted by atomic mass is 19.1. The molecule has 3 rings (SSSR count). The summed E-state index contributed by atoms with van der Waals surface area (Å²) in [7, 11) is 0. The van der Waals surface area contributed by atoms with Crippen molar-refractivity contribution in [1.29, 1.82) is 0 Å². The van der Waals surface area contributed by atoms with E-state index >= 15 is 0 Å². The molecular weight excluding hydrogens is 335 g/mol. The molecule has 132 valence electrons. The molecule has 3 aromatic rings. The van der Waals surface area contributed by atoms with Crippen LogP contribution in [0.4, 0.5) is 10.2 Å². The van der Waals surface area contributed by atoms with Crippen molar-refractivity contribution in [3.05, 3.63) is 77.0 Å². The molecular formula is C19H17FN4O2. The Morgan fingerprint density at radius 2 is 1.81 bits per heavy atom. The number of carbonyl (C=O) groups excluding carboxylic acids is 1. The van der Waals surface area contributed by atoms with Crippen molar-refractivity contribution in [1.82, 2.24) is 14.8 Å². The third kappa shape index (κ3) is 3.51. The topological polar surface area (TPSA) is 76.9 Å². The van der Waals surface area contributed by atoms with Gasteiger partial charge in [-0.2, -0.15) is 5.10 Å². The van der Waals surface area contributed by atoms with Gasteiger partial charge in [0.2, 0.25) is 0 Å². The zero-order valence-corrected chi connectivity index (χ0v) is 14.3. The zero-order chi connectivity index (χ0) is 18.7. The Balaban J connectivity index is 1.96. The van der Waals surface area contributed by atoms with Crippen molar-refractivity contribution in [2.45, 2.75) is 19.4 Å². The van der Waals surface area contributed by atoms with Crippen molar-refractivity contribution < 1.29 is 9.18 Å². The number of hydrogen-bond acceptors (Lipinski definition) is 4. The van der Waals surface area contributed by atoms with E-state index in [1.807, 2.05) is 0 Å². The van der Waals surface area contributed by atoms with E-state index in [9.17, 15) is 14.0 Å². The van der Waals surface area contributed by atoms with Crippen molar-refractivity contribution >= 4 is 11.7 Å². The van der Waals surface area contributed by atoms with E-state index in [0.29, 0.717) is 17.1 Å². The second-order valence-electron chi connectivity index (χ2n) is 6.20. The van der Waals surface area contributed by atoms with E-state index in [0.717, 1.165) is 4.68 Å². The second-order valence-corrected chi connectivity index (χ2v) is 6.20. The van der Waals surface area contributed by atoms with Crippen LogP contribution >= 0.6 is 0 Å². The number of amides is 1. The summed E-state index contributed by atoms with van der Waals surface area (Å²) in [4.78, 5) is 29.0. The summed E-state index contributed by atoms with van der Waals surface area (Å²) in [5.41, 5.74) is -0.577. The molecule has 2 aromatic heterocycles. The second kappa shape index (κ2) is 6.87. The number of hydrogen-bond donors (Lipinski definition) is 1. The third-order valence-electron chi connectivity index (χ3n) is 3.93. The molecule has 0 saturated heterocycles. The Labute approximate surface area is 149 Å². The molecule has 1 amide bonds. The van der Waals surface area contributed by atoms with Gasteiger partial charge in [-0.1, -0.05) is 6.07 Å². The maximum Gasteiger partial charge on any atom is 0.267 e. The number of pyridine rings is 1. The van der Waals surface area contributed by atoms with Crippen molar-refractivity contribution in [2.24, 2.45) is 0 Å². The van der Waals surface area contributed by atoms with Crippen molar-refractivity contribution in [3.63, 3.8) is 0 Å². The normalized spacial score (nSPS) is 11.2. The van der Waals surface area contributed by atoms with Crippen LogP contribution in [0.2, 0.25) is 0 Å². The molecule has 2 heterocycles. The van der Waals surface area contributed by atoms with E-state index in [1.165, 1.54) is 18.2 Å². The zero-order valence-electron chi connectivity index (χ0n) is 14.3. The molecule has 7 heteroatoms. The maximum absolute atomic E-state index is 13.1. The number of carbonyl (C=O) groups is 1. The first kappa shape index (κ1) is 17.5. The van der Waals surface area contributed by atoms with Crippen LogP contribution in [0.15, 0.2) is 65.6 Å². The highest BCUT2D eigenvalue weighted by Gasteiger charge is 2.32. The van der Waals surface area contributed by atoms with Gasteiger partial charge in [0.05, 0.1) is 5.69 Å². The fourth-order valence-corrected chi connectivity index (χ4v) is 2.39. The largest absolute Gasteiger partial charge is 0.309 e. The summed E-state index contributed by atoms with van der Waals surface area (Å²) in [6.07, 6.45) is 1.56. The lowest BCUT2D eigenvalue weighted by molar-refractivity contribution is -0.123. The van der Waals surface area contributed by atoms with E-state index in [2.05, 4.69) is 15.4 Å². The summed E-state index contributed by atoms with van der Waals surface area (Å²) in [5.74, 6) is -0.410. The average molecular weight is 352 g/mol. The number of halogens is 1. The third-order valence-corrected chi connectivity index (χ3v) is 3.93.